The van der Waals surface area contributed by atoms with Crippen molar-refractivity contribution in [2.75, 3.05) is 17.6 Å². The lowest BCUT2D eigenvalue weighted by atomic mass is 10.1. The molecule has 0 spiro atoms. The summed E-state index contributed by atoms with van der Waals surface area (Å²) in [4.78, 5) is 18.1. The van der Waals surface area contributed by atoms with Gasteiger partial charge in [-0.3, -0.25) is 9.69 Å². The van der Waals surface area contributed by atoms with Crippen LogP contribution in [0.2, 0.25) is 5.02 Å². The Labute approximate surface area is 196 Å². The first-order valence-electron chi connectivity index (χ1n) is 10.6. The number of amides is 1. The molecular weight excluding hydrogens is 445 g/mol. The fourth-order valence-electron chi connectivity index (χ4n) is 4.11. The van der Waals surface area contributed by atoms with Gasteiger partial charge in [-0.25, -0.2) is 9.37 Å². The molecule has 4 rings (SSSR count). The third-order valence-corrected chi connectivity index (χ3v) is 6.08. The summed E-state index contributed by atoms with van der Waals surface area (Å²) in [7, 11) is 0. The Hall–Kier alpha value is -3.36. The van der Waals surface area contributed by atoms with E-state index in [1.54, 1.807) is 36.4 Å². The number of aromatic nitrogens is 1. The molecule has 172 valence electrons. The number of nitrogens with zero attached hydrogens (tertiary/aromatic N) is 2. The van der Waals surface area contributed by atoms with Crippen molar-refractivity contribution in [3.8, 4) is 17.0 Å². The average molecular weight is 470 g/mol. The Morgan fingerprint density at radius 2 is 2.03 bits per heavy atom. The van der Waals surface area contributed by atoms with Crippen molar-refractivity contribution in [2.24, 2.45) is 5.73 Å². The molecule has 9 heteroatoms. The van der Waals surface area contributed by atoms with Gasteiger partial charge >= 0.3 is 0 Å². The van der Waals surface area contributed by atoms with E-state index in [0.717, 1.165) is 24.9 Å². The van der Waals surface area contributed by atoms with E-state index in [-0.39, 0.29) is 17.7 Å². The monoisotopic (exact) mass is 469 g/mol. The summed E-state index contributed by atoms with van der Waals surface area (Å²) in [6, 6.07) is 13.2. The molecule has 0 saturated carbocycles. The van der Waals surface area contributed by atoms with Crippen LogP contribution in [0.25, 0.3) is 11.3 Å². The fraction of sp³-hybridized carbons (Fsp3) is 0.250. The van der Waals surface area contributed by atoms with Gasteiger partial charge in [-0.2, -0.15) is 0 Å². The molecule has 0 bridgehead atoms. The number of aromatic hydroxyl groups is 1. The van der Waals surface area contributed by atoms with Crippen LogP contribution in [-0.4, -0.2) is 33.5 Å². The number of nitrogens with two attached hydrogens (primary N) is 2. The van der Waals surface area contributed by atoms with Gasteiger partial charge in [-0.1, -0.05) is 17.7 Å². The van der Waals surface area contributed by atoms with Crippen molar-refractivity contribution in [1.82, 2.24) is 9.88 Å². The van der Waals surface area contributed by atoms with Gasteiger partial charge in [0.2, 0.25) is 5.91 Å². The Morgan fingerprint density at radius 1 is 1.21 bits per heavy atom. The maximum absolute atomic E-state index is 13.4. The summed E-state index contributed by atoms with van der Waals surface area (Å²) in [6.07, 6.45) is 1.65. The van der Waals surface area contributed by atoms with Gasteiger partial charge < -0.3 is 21.9 Å². The molecule has 2 aromatic carbocycles. The highest BCUT2D eigenvalue weighted by Crippen LogP contribution is 2.34. The zero-order chi connectivity index (χ0) is 23.5. The highest BCUT2D eigenvalue weighted by molar-refractivity contribution is 6.30. The summed E-state index contributed by atoms with van der Waals surface area (Å²) >= 11 is 5.96. The van der Waals surface area contributed by atoms with Crippen molar-refractivity contribution in [3.63, 3.8) is 0 Å². The summed E-state index contributed by atoms with van der Waals surface area (Å²) in [5.74, 6) is 0.0228. The number of nitrogens with one attached hydrogen (secondary N) is 1. The second kappa shape index (κ2) is 9.64. The number of carbonyl (C=O) groups is 1. The van der Waals surface area contributed by atoms with Gasteiger partial charge in [0.15, 0.2) is 0 Å². The van der Waals surface area contributed by atoms with Gasteiger partial charge in [-0.15, -0.1) is 0 Å². The Kier molecular flexibility index (Phi) is 6.67. The number of pyridine rings is 1. The van der Waals surface area contributed by atoms with Crippen molar-refractivity contribution in [2.45, 2.75) is 32.1 Å². The van der Waals surface area contributed by atoms with Gasteiger partial charge in [0.05, 0.1) is 11.7 Å². The molecule has 1 aromatic heterocycles. The quantitative estimate of drug-likeness (QED) is 0.382. The van der Waals surface area contributed by atoms with Crippen LogP contribution in [0.1, 0.15) is 24.0 Å². The SMILES string of the molecule is NC(=O)C1CCCN1Cc1ccc(-c2cc(Nc3ccc(Cl)cc3CF)ccc2O)nc1N. The molecule has 33 heavy (non-hydrogen) atoms. The Bertz CT molecular complexity index is 1190. The van der Waals surface area contributed by atoms with Crippen LogP contribution in [0.15, 0.2) is 48.5 Å². The average Bonchev–Trinajstić information content (AvgIpc) is 3.26. The number of rotatable bonds is 7. The third kappa shape index (κ3) is 5.02. The topological polar surface area (TPSA) is 118 Å². The van der Waals surface area contributed by atoms with E-state index < -0.39 is 6.67 Å². The summed E-state index contributed by atoms with van der Waals surface area (Å²) < 4.78 is 13.4. The van der Waals surface area contributed by atoms with E-state index in [2.05, 4.69) is 10.3 Å². The lowest BCUT2D eigenvalue weighted by Gasteiger charge is -2.22. The maximum Gasteiger partial charge on any atom is 0.234 e. The van der Waals surface area contributed by atoms with Crippen LogP contribution in [0.5, 0.6) is 5.75 Å². The number of nitrogen functional groups attached to an aromatic ring is 1. The number of benzene rings is 2. The van der Waals surface area contributed by atoms with Crippen molar-refractivity contribution in [3.05, 3.63) is 64.7 Å². The van der Waals surface area contributed by atoms with E-state index >= 15 is 0 Å². The molecule has 0 aliphatic carbocycles. The molecular formula is C24H25ClFN5O2. The lowest BCUT2D eigenvalue weighted by molar-refractivity contribution is -0.122. The van der Waals surface area contributed by atoms with E-state index in [4.69, 9.17) is 23.1 Å². The number of hydrogen-bond donors (Lipinski definition) is 4. The normalized spacial score (nSPS) is 16.1. The number of alkyl halides is 1. The molecule has 1 saturated heterocycles. The first-order valence-corrected chi connectivity index (χ1v) is 11.0. The van der Waals surface area contributed by atoms with Gasteiger partial charge in [0.25, 0.3) is 0 Å². The first-order chi connectivity index (χ1) is 15.9. The van der Waals surface area contributed by atoms with Crippen LogP contribution in [0.3, 0.4) is 0 Å². The van der Waals surface area contributed by atoms with Crippen LogP contribution in [0, 0.1) is 0 Å². The smallest absolute Gasteiger partial charge is 0.234 e. The summed E-state index contributed by atoms with van der Waals surface area (Å²) in [6.45, 7) is 0.582. The molecule has 1 unspecified atom stereocenters. The zero-order valence-corrected chi connectivity index (χ0v) is 18.6. The van der Waals surface area contributed by atoms with Crippen molar-refractivity contribution >= 4 is 34.7 Å². The largest absolute Gasteiger partial charge is 0.507 e. The standard InChI is InChI=1S/C24H25ClFN5O2/c25-16-4-7-19(15(10-16)12-26)29-17-5-8-22(32)18(11-17)20-6-3-14(23(27)30-20)13-31-9-1-2-21(31)24(28)33/h3-8,10-11,21,29,32H,1-2,9,12-13H2,(H2,27,30)(H2,28,33). The van der Waals surface area contributed by atoms with Gasteiger partial charge in [-0.05, 0) is 61.9 Å². The Balaban J connectivity index is 1.58. The minimum absolute atomic E-state index is 0.0374. The van der Waals surface area contributed by atoms with Crippen LogP contribution in [0.4, 0.5) is 21.6 Å². The molecule has 1 aliphatic heterocycles. The van der Waals surface area contributed by atoms with E-state index in [1.165, 1.54) is 6.07 Å². The minimum atomic E-state index is -0.666. The number of likely N-dealkylation sites (tertiary alicyclic amines) is 1. The number of phenols is 1. The van der Waals surface area contributed by atoms with Crippen LogP contribution < -0.4 is 16.8 Å². The van der Waals surface area contributed by atoms with Crippen molar-refractivity contribution < 1.29 is 14.3 Å². The molecule has 3 aromatic rings. The van der Waals surface area contributed by atoms with E-state index in [0.29, 0.717) is 45.6 Å². The Morgan fingerprint density at radius 3 is 2.76 bits per heavy atom. The lowest BCUT2D eigenvalue weighted by Crippen LogP contribution is -2.39. The highest BCUT2D eigenvalue weighted by atomic mass is 35.5. The molecule has 1 aliphatic rings. The minimum Gasteiger partial charge on any atom is -0.507 e. The second-order valence-corrected chi connectivity index (χ2v) is 8.50. The van der Waals surface area contributed by atoms with Crippen LogP contribution in [-0.2, 0) is 18.0 Å². The molecule has 6 N–H and O–H groups in total. The predicted molar refractivity (Wildman–Crippen MR) is 128 cm³/mol. The fourth-order valence-corrected chi connectivity index (χ4v) is 4.31. The molecule has 1 amide bonds. The molecule has 2 heterocycles. The zero-order valence-electron chi connectivity index (χ0n) is 17.9. The summed E-state index contributed by atoms with van der Waals surface area (Å²) in [5.41, 5.74) is 15.1. The molecule has 1 fully saturated rings. The number of primary amides is 1. The number of halogens is 2. The predicted octanol–water partition coefficient (Wildman–Crippen LogP) is 4.35. The van der Waals surface area contributed by atoms with Crippen LogP contribution >= 0.6 is 11.6 Å². The first kappa shape index (κ1) is 22.8. The third-order valence-electron chi connectivity index (χ3n) is 5.84. The summed E-state index contributed by atoms with van der Waals surface area (Å²) in [5, 5.41) is 14.0. The van der Waals surface area contributed by atoms with Gasteiger partial charge in [0, 0.05) is 39.6 Å². The number of carbonyl (C=O) groups excluding carboxylic acids is 1. The van der Waals surface area contributed by atoms with Gasteiger partial charge in [0.1, 0.15) is 18.2 Å². The number of hydrogen-bond acceptors (Lipinski definition) is 6. The number of phenolic OH excluding ortho intramolecular Hbond substituents is 1. The maximum atomic E-state index is 13.4. The highest BCUT2D eigenvalue weighted by Gasteiger charge is 2.29. The van der Waals surface area contributed by atoms with Crippen molar-refractivity contribution in [1.29, 1.82) is 0 Å². The molecule has 1 atom stereocenters. The molecule has 0 radical (unpaired) electrons. The molecule has 7 nitrogen and oxygen atoms in total. The van der Waals surface area contributed by atoms with E-state index in [1.807, 2.05) is 11.0 Å². The second-order valence-electron chi connectivity index (χ2n) is 8.06. The number of anilines is 3. The van der Waals surface area contributed by atoms with E-state index in [9.17, 15) is 14.3 Å².